The highest BCUT2D eigenvalue weighted by molar-refractivity contribution is 5.95. The summed E-state index contributed by atoms with van der Waals surface area (Å²) in [5, 5.41) is 3.49. The Labute approximate surface area is 148 Å². The summed E-state index contributed by atoms with van der Waals surface area (Å²) in [6.45, 7) is 6.89. The Morgan fingerprint density at radius 2 is 1.84 bits per heavy atom. The minimum Gasteiger partial charge on any atom is -0.367 e. The van der Waals surface area contributed by atoms with Crippen LogP contribution in [0, 0.1) is 20.8 Å². The molecule has 25 heavy (non-hydrogen) atoms. The highest BCUT2D eigenvalue weighted by Crippen LogP contribution is 2.20. The highest BCUT2D eigenvalue weighted by atomic mass is 16.2. The number of pyridine rings is 1. The second-order valence-corrected chi connectivity index (χ2v) is 6.66. The molecule has 0 radical (unpaired) electrons. The van der Waals surface area contributed by atoms with Crippen molar-refractivity contribution in [3.8, 4) is 0 Å². The van der Waals surface area contributed by atoms with E-state index in [0.29, 0.717) is 12.1 Å². The summed E-state index contributed by atoms with van der Waals surface area (Å²) in [4.78, 5) is 18.5. The number of nitrogens with one attached hydrogen (secondary N) is 1. The molecule has 3 rings (SSSR count). The molecule has 0 saturated carbocycles. The number of hydrogen-bond acceptors (Lipinski definition) is 3. The number of benzene rings is 1. The zero-order valence-electron chi connectivity index (χ0n) is 15.4. The topological polar surface area (TPSA) is 49.6 Å². The lowest BCUT2D eigenvalue weighted by atomic mass is 10.0. The number of nitrogens with zero attached hydrogens (tertiary/aromatic N) is 3. The third-order valence-electron chi connectivity index (χ3n) is 4.43. The number of aromatic nitrogens is 2. The molecule has 130 valence electrons. The summed E-state index contributed by atoms with van der Waals surface area (Å²) in [5.74, 6) is 0.837. The van der Waals surface area contributed by atoms with E-state index in [9.17, 15) is 4.79 Å². The maximum absolute atomic E-state index is 12.4. The second-order valence-electron chi connectivity index (χ2n) is 6.66. The van der Waals surface area contributed by atoms with Crippen LogP contribution in [0.5, 0.6) is 0 Å². The van der Waals surface area contributed by atoms with Crippen molar-refractivity contribution in [2.24, 2.45) is 0 Å². The normalized spacial score (nSPS) is 10.9. The Bertz CT molecular complexity index is 920. The van der Waals surface area contributed by atoms with Crippen molar-refractivity contribution in [1.82, 2.24) is 14.3 Å². The summed E-state index contributed by atoms with van der Waals surface area (Å²) in [7, 11) is 3.51. The fraction of sp³-hybridized carbons (Fsp3) is 0.300. The van der Waals surface area contributed by atoms with Gasteiger partial charge in [0.2, 0.25) is 0 Å². The molecular formula is C20H24N4O. The van der Waals surface area contributed by atoms with Gasteiger partial charge in [-0.25, -0.2) is 4.98 Å². The zero-order chi connectivity index (χ0) is 18.1. The van der Waals surface area contributed by atoms with Crippen molar-refractivity contribution in [2.75, 3.05) is 19.4 Å². The Morgan fingerprint density at radius 1 is 1.16 bits per heavy atom. The first kappa shape index (κ1) is 17.0. The molecule has 5 heteroatoms. The molecule has 5 nitrogen and oxygen atoms in total. The molecule has 2 aromatic heterocycles. The van der Waals surface area contributed by atoms with Crippen LogP contribution in [0.15, 0.2) is 36.5 Å². The first-order valence-electron chi connectivity index (χ1n) is 8.37. The van der Waals surface area contributed by atoms with Gasteiger partial charge in [-0.05, 0) is 49.6 Å². The van der Waals surface area contributed by atoms with E-state index < -0.39 is 0 Å². The molecule has 1 aromatic carbocycles. The SMILES string of the molecule is Cc1cn2c(NCc3c(C)cccc3C)cc(C(=O)N(C)C)cc2n1. The number of carbonyl (C=O) groups excluding carboxylic acids is 1. The molecule has 0 spiro atoms. The lowest BCUT2D eigenvalue weighted by Crippen LogP contribution is -2.22. The van der Waals surface area contributed by atoms with Crippen LogP contribution in [0.3, 0.4) is 0 Å². The molecule has 0 fully saturated rings. The predicted octanol–water partition coefficient (Wildman–Crippen LogP) is 3.57. The summed E-state index contributed by atoms with van der Waals surface area (Å²) in [6.07, 6.45) is 1.98. The molecule has 0 unspecified atom stereocenters. The molecule has 0 aliphatic carbocycles. The Morgan fingerprint density at radius 3 is 2.48 bits per heavy atom. The number of rotatable bonds is 4. The molecular weight excluding hydrogens is 312 g/mol. The number of imidazole rings is 1. The first-order chi connectivity index (χ1) is 11.9. The van der Waals surface area contributed by atoms with E-state index in [1.165, 1.54) is 16.7 Å². The van der Waals surface area contributed by atoms with Gasteiger partial charge in [-0.1, -0.05) is 18.2 Å². The van der Waals surface area contributed by atoms with Gasteiger partial charge in [0.25, 0.3) is 5.91 Å². The van der Waals surface area contributed by atoms with Crippen molar-refractivity contribution in [3.63, 3.8) is 0 Å². The number of hydrogen-bond donors (Lipinski definition) is 1. The van der Waals surface area contributed by atoms with E-state index in [-0.39, 0.29) is 5.91 Å². The maximum atomic E-state index is 12.4. The Kier molecular flexibility index (Phi) is 4.49. The van der Waals surface area contributed by atoms with Gasteiger partial charge >= 0.3 is 0 Å². The van der Waals surface area contributed by atoms with E-state index in [4.69, 9.17) is 0 Å². The standard InChI is InChI=1S/C20H24N4O/c1-13-7-6-8-14(2)17(13)11-21-18-9-16(20(25)23(4)5)10-19-22-15(3)12-24(18)19/h6-10,12,21H,11H2,1-5H3. The number of amides is 1. The minimum atomic E-state index is -0.0294. The minimum absolute atomic E-state index is 0.0294. The molecule has 1 amide bonds. The van der Waals surface area contributed by atoms with E-state index in [1.54, 1.807) is 19.0 Å². The van der Waals surface area contributed by atoms with E-state index in [2.05, 4.69) is 42.3 Å². The van der Waals surface area contributed by atoms with Crippen molar-refractivity contribution in [2.45, 2.75) is 27.3 Å². The van der Waals surface area contributed by atoms with Gasteiger partial charge in [0.15, 0.2) is 0 Å². The average molecular weight is 336 g/mol. The van der Waals surface area contributed by atoms with Gasteiger partial charge in [0.05, 0.1) is 5.69 Å². The number of anilines is 1. The predicted molar refractivity (Wildman–Crippen MR) is 101 cm³/mol. The second kappa shape index (κ2) is 6.59. The highest BCUT2D eigenvalue weighted by Gasteiger charge is 2.14. The number of fused-ring (bicyclic) bond motifs is 1. The van der Waals surface area contributed by atoms with Gasteiger partial charge in [-0.3, -0.25) is 9.20 Å². The van der Waals surface area contributed by atoms with Crippen LogP contribution in [-0.4, -0.2) is 34.3 Å². The monoisotopic (exact) mass is 336 g/mol. The van der Waals surface area contributed by atoms with Crippen molar-refractivity contribution < 1.29 is 4.79 Å². The summed E-state index contributed by atoms with van der Waals surface area (Å²) < 4.78 is 2.00. The zero-order valence-corrected chi connectivity index (χ0v) is 15.4. The lowest BCUT2D eigenvalue weighted by molar-refractivity contribution is 0.0827. The third kappa shape index (κ3) is 3.36. The molecule has 0 aliphatic rings. The molecule has 3 aromatic rings. The van der Waals surface area contributed by atoms with Gasteiger partial charge in [-0.15, -0.1) is 0 Å². The molecule has 2 heterocycles. The largest absolute Gasteiger partial charge is 0.367 e. The Balaban J connectivity index is 2.01. The lowest BCUT2D eigenvalue weighted by Gasteiger charge is -2.15. The van der Waals surface area contributed by atoms with Gasteiger partial charge in [-0.2, -0.15) is 0 Å². The maximum Gasteiger partial charge on any atom is 0.253 e. The summed E-state index contributed by atoms with van der Waals surface area (Å²) in [6, 6.07) is 10.0. The molecule has 0 aliphatic heterocycles. The van der Waals surface area contributed by atoms with E-state index >= 15 is 0 Å². The van der Waals surface area contributed by atoms with Gasteiger partial charge in [0.1, 0.15) is 11.5 Å². The van der Waals surface area contributed by atoms with E-state index in [1.807, 2.05) is 29.7 Å². The fourth-order valence-electron chi connectivity index (χ4n) is 3.03. The van der Waals surface area contributed by atoms with Crippen molar-refractivity contribution >= 4 is 17.4 Å². The van der Waals surface area contributed by atoms with Crippen LogP contribution >= 0.6 is 0 Å². The Hall–Kier alpha value is -2.82. The summed E-state index contributed by atoms with van der Waals surface area (Å²) >= 11 is 0. The van der Waals surface area contributed by atoms with Crippen LogP contribution in [0.1, 0.15) is 32.7 Å². The van der Waals surface area contributed by atoms with Crippen LogP contribution in [0.4, 0.5) is 5.82 Å². The third-order valence-corrected chi connectivity index (χ3v) is 4.43. The van der Waals surface area contributed by atoms with Crippen LogP contribution in [0.25, 0.3) is 5.65 Å². The fourth-order valence-corrected chi connectivity index (χ4v) is 3.03. The first-order valence-corrected chi connectivity index (χ1v) is 8.37. The molecule has 0 atom stereocenters. The van der Waals surface area contributed by atoms with Crippen LogP contribution < -0.4 is 5.32 Å². The quantitative estimate of drug-likeness (QED) is 0.792. The molecule has 0 bridgehead atoms. The van der Waals surface area contributed by atoms with Gasteiger partial charge < -0.3 is 10.2 Å². The number of carbonyl (C=O) groups is 1. The van der Waals surface area contributed by atoms with Crippen LogP contribution in [-0.2, 0) is 6.54 Å². The van der Waals surface area contributed by atoms with Crippen molar-refractivity contribution in [1.29, 1.82) is 0 Å². The van der Waals surface area contributed by atoms with Gasteiger partial charge in [0, 0.05) is 32.4 Å². The summed E-state index contributed by atoms with van der Waals surface area (Å²) in [5.41, 5.74) is 6.11. The average Bonchev–Trinajstić information content (AvgIpc) is 2.93. The molecule has 1 N–H and O–H groups in total. The van der Waals surface area contributed by atoms with Crippen molar-refractivity contribution in [3.05, 3.63) is 64.5 Å². The smallest absolute Gasteiger partial charge is 0.253 e. The van der Waals surface area contributed by atoms with Crippen LogP contribution in [0.2, 0.25) is 0 Å². The van der Waals surface area contributed by atoms with E-state index in [0.717, 1.165) is 17.2 Å². The molecule has 0 saturated heterocycles. The number of aryl methyl sites for hydroxylation is 3.